The van der Waals surface area contributed by atoms with E-state index < -0.39 is 0 Å². The Kier molecular flexibility index (Phi) is 5.70. The summed E-state index contributed by atoms with van der Waals surface area (Å²) in [5.41, 5.74) is 3.17. The molecule has 164 valence electrons. The Morgan fingerprint density at radius 1 is 1.09 bits per heavy atom. The molecule has 4 aromatic rings. The first-order valence-electron chi connectivity index (χ1n) is 10.8. The fourth-order valence-corrected chi connectivity index (χ4v) is 4.47. The monoisotopic (exact) mass is 451 g/mol. The lowest BCUT2D eigenvalue weighted by molar-refractivity contribution is 0.398. The number of hydrogen-bond acceptors (Lipinski definition) is 6. The molecule has 0 amide bonds. The highest BCUT2D eigenvalue weighted by Crippen LogP contribution is 2.31. The summed E-state index contributed by atoms with van der Waals surface area (Å²) in [6.07, 6.45) is 11.5. The zero-order valence-electron chi connectivity index (χ0n) is 17.7. The summed E-state index contributed by atoms with van der Waals surface area (Å²) in [5.74, 6) is 0.443. The van der Waals surface area contributed by atoms with Crippen LogP contribution in [-0.2, 0) is 12.8 Å². The van der Waals surface area contributed by atoms with Crippen LogP contribution in [0.3, 0.4) is 0 Å². The van der Waals surface area contributed by atoms with Gasteiger partial charge in [-0.1, -0.05) is 24.6 Å². The molecule has 1 aliphatic rings. The van der Waals surface area contributed by atoms with Crippen molar-refractivity contribution in [3.63, 3.8) is 0 Å². The van der Waals surface area contributed by atoms with Gasteiger partial charge in [-0.25, -0.2) is 29.3 Å². The standard InChI is InChI=1S/C23H23ClFN7/c1-2-15-11-27-23(28-12-15)31-8-5-17(6-9-31)32-13-18(25)20-19(29-14-30-22(20)32)10-16-4-3-7-26-21(16)24/h3-4,7,11-14,17H,2,5-6,8-10H2,1H3. The number of hydrogen-bond donors (Lipinski definition) is 0. The molecule has 0 bridgehead atoms. The van der Waals surface area contributed by atoms with Gasteiger partial charge < -0.3 is 9.47 Å². The number of rotatable bonds is 5. The van der Waals surface area contributed by atoms with Crippen LogP contribution < -0.4 is 4.90 Å². The van der Waals surface area contributed by atoms with Crippen LogP contribution in [0.2, 0.25) is 5.15 Å². The number of aryl methyl sites for hydroxylation is 1. The van der Waals surface area contributed by atoms with Gasteiger partial charge in [0.1, 0.15) is 17.1 Å². The number of fused-ring (bicyclic) bond motifs is 1. The van der Waals surface area contributed by atoms with Crippen LogP contribution in [0.5, 0.6) is 0 Å². The highest BCUT2D eigenvalue weighted by atomic mass is 35.5. The minimum absolute atomic E-state index is 0.151. The molecule has 1 saturated heterocycles. The predicted octanol–water partition coefficient (Wildman–Crippen LogP) is 4.40. The second-order valence-corrected chi connectivity index (χ2v) is 8.35. The lowest BCUT2D eigenvalue weighted by atomic mass is 10.1. The van der Waals surface area contributed by atoms with E-state index in [1.165, 1.54) is 6.33 Å². The van der Waals surface area contributed by atoms with Gasteiger partial charge in [0, 0.05) is 50.3 Å². The molecule has 4 aromatic heterocycles. The van der Waals surface area contributed by atoms with E-state index in [4.69, 9.17) is 11.6 Å². The quantitative estimate of drug-likeness (QED) is 0.419. The molecule has 0 aromatic carbocycles. The third-order valence-corrected chi connectivity index (χ3v) is 6.42. The number of anilines is 1. The number of nitrogens with zero attached hydrogens (tertiary/aromatic N) is 7. The number of pyridine rings is 1. The largest absolute Gasteiger partial charge is 0.341 e. The van der Waals surface area contributed by atoms with E-state index >= 15 is 4.39 Å². The first-order chi connectivity index (χ1) is 15.6. The zero-order valence-corrected chi connectivity index (χ0v) is 18.5. The summed E-state index contributed by atoms with van der Waals surface area (Å²) >= 11 is 6.20. The van der Waals surface area contributed by atoms with Crippen molar-refractivity contribution in [2.75, 3.05) is 18.0 Å². The minimum atomic E-state index is -0.309. The zero-order chi connectivity index (χ0) is 22.1. The Labute approximate surface area is 190 Å². The summed E-state index contributed by atoms with van der Waals surface area (Å²) in [6.45, 7) is 3.70. The topological polar surface area (TPSA) is 72.6 Å². The second kappa shape index (κ2) is 8.78. The van der Waals surface area contributed by atoms with Gasteiger partial charge >= 0.3 is 0 Å². The number of piperidine rings is 1. The second-order valence-electron chi connectivity index (χ2n) is 8.00. The van der Waals surface area contributed by atoms with Crippen molar-refractivity contribution < 1.29 is 4.39 Å². The van der Waals surface area contributed by atoms with Gasteiger partial charge in [-0.05, 0) is 36.5 Å². The molecule has 0 saturated carbocycles. The molecule has 9 heteroatoms. The van der Waals surface area contributed by atoms with Crippen molar-refractivity contribution in [2.45, 2.75) is 38.6 Å². The van der Waals surface area contributed by atoms with Gasteiger partial charge in [-0.15, -0.1) is 0 Å². The molecule has 5 heterocycles. The molecule has 32 heavy (non-hydrogen) atoms. The first-order valence-corrected chi connectivity index (χ1v) is 11.2. The van der Waals surface area contributed by atoms with Gasteiger partial charge in [-0.2, -0.15) is 0 Å². The van der Waals surface area contributed by atoms with Crippen LogP contribution in [0.25, 0.3) is 11.0 Å². The number of aromatic nitrogens is 6. The van der Waals surface area contributed by atoms with Crippen LogP contribution in [0.1, 0.15) is 42.6 Å². The minimum Gasteiger partial charge on any atom is -0.341 e. The SMILES string of the molecule is CCc1cnc(N2CCC(n3cc(F)c4c(Cc5cccnc5Cl)ncnc43)CC2)nc1. The normalized spacial score (nSPS) is 14.9. The van der Waals surface area contributed by atoms with Gasteiger partial charge in [0.15, 0.2) is 5.82 Å². The molecular weight excluding hydrogens is 429 g/mol. The average molecular weight is 452 g/mol. The Hall–Kier alpha value is -3.13. The van der Waals surface area contributed by atoms with Gasteiger partial charge in [0.05, 0.1) is 11.1 Å². The van der Waals surface area contributed by atoms with Gasteiger partial charge in [-0.3, -0.25) is 0 Å². The van der Waals surface area contributed by atoms with Gasteiger partial charge in [0.25, 0.3) is 0 Å². The average Bonchev–Trinajstić information content (AvgIpc) is 3.18. The first kappa shape index (κ1) is 20.8. The molecule has 0 aliphatic carbocycles. The van der Waals surface area contributed by atoms with Crippen LogP contribution in [0, 0.1) is 5.82 Å². The lowest BCUT2D eigenvalue weighted by Crippen LogP contribution is -2.35. The van der Waals surface area contributed by atoms with E-state index in [2.05, 4.69) is 36.7 Å². The van der Waals surface area contributed by atoms with Crippen molar-refractivity contribution in [1.29, 1.82) is 0 Å². The Bertz CT molecular complexity index is 1230. The molecule has 0 N–H and O–H groups in total. The number of halogens is 2. The van der Waals surface area contributed by atoms with E-state index in [1.54, 1.807) is 12.4 Å². The fraction of sp³-hybridized carbons (Fsp3) is 0.348. The van der Waals surface area contributed by atoms with E-state index in [9.17, 15) is 0 Å². The highest BCUT2D eigenvalue weighted by Gasteiger charge is 2.26. The highest BCUT2D eigenvalue weighted by molar-refractivity contribution is 6.30. The smallest absolute Gasteiger partial charge is 0.225 e. The molecule has 0 unspecified atom stereocenters. The Balaban J connectivity index is 1.38. The summed E-state index contributed by atoms with van der Waals surface area (Å²) in [6, 6.07) is 3.84. The van der Waals surface area contributed by atoms with E-state index in [0.717, 1.165) is 49.4 Å². The molecular formula is C23H23ClFN7. The maximum absolute atomic E-state index is 15.1. The van der Waals surface area contributed by atoms with Crippen LogP contribution in [-0.4, -0.2) is 42.6 Å². The molecule has 1 fully saturated rings. The molecule has 0 radical (unpaired) electrons. The summed E-state index contributed by atoms with van der Waals surface area (Å²) in [4.78, 5) is 24.1. The maximum atomic E-state index is 15.1. The van der Waals surface area contributed by atoms with Crippen molar-refractivity contribution >= 4 is 28.6 Å². The molecule has 5 rings (SSSR count). The Morgan fingerprint density at radius 2 is 1.88 bits per heavy atom. The molecule has 0 spiro atoms. The maximum Gasteiger partial charge on any atom is 0.225 e. The van der Waals surface area contributed by atoms with Crippen LogP contribution in [0.15, 0.2) is 43.2 Å². The van der Waals surface area contributed by atoms with Crippen LogP contribution in [0.4, 0.5) is 10.3 Å². The van der Waals surface area contributed by atoms with Crippen LogP contribution >= 0.6 is 11.6 Å². The van der Waals surface area contributed by atoms with E-state index in [-0.39, 0.29) is 11.9 Å². The summed E-state index contributed by atoms with van der Waals surface area (Å²) in [5, 5.41) is 0.856. The molecule has 0 atom stereocenters. The predicted molar refractivity (Wildman–Crippen MR) is 121 cm³/mol. The molecule has 7 nitrogen and oxygen atoms in total. The van der Waals surface area contributed by atoms with E-state index in [0.29, 0.717) is 28.3 Å². The Morgan fingerprint density at radius 3 is 2.59 bits per heavy atom. The van der Waals surface area contributed by atoms with Crippen molar-refractivity contribution in [2.24, 2.45) is 0 Å². The fourth-order valence-electron chi connectivity index (χ4n) is 4.28. The van der Waals surface area contributed by atoms with E-state index in [1.807, 2.05) is 29.1 Å². The van der Waals surface area contributed by atoms with Gasteiger partial charge in [0.2, 0.25) is 5.95 Å². The summed E-state index contributed by atoms with van der Waals surface area (Å²) in [7, 11) is 0. The van der Waals surface area contributed by atoms with Crippen molar-refractivity contribution in [3.05, 3.63) is 71.0 Å². The third-order valence-electron chi connectivity index (χ3n) is 6.08. The molecule has 1 aliphatic heterocycles. The lowest BCUT2D eigenvalue weighted by Gasteiger charge is -2.32. The summed E-state index contributed by atoms with van der Waals surface area (Å²) < 4.78 is 17.0. The van der Waals surface area contributed by atoms with Crippen molar-refractivity contribution in [1.82, 2.24) is 29.5 Å². The third kappa shape index (κ3) is 3.90. The van der Waals surface area contributed by atoms with Crippen molar-refractivity contribution in [3.8, 4) is 0 Å².